The van der Waals surface area contributed by atoms with Crippen molar-refractivity contribution in [3.63, 3.8) is 0 Å². The predicted molar refractivity (Wildman–Crippen MR) is 107 cm³/mol. The van der Waals surface area contributed by atoms with Gasteiger partial charge in [0.2, 0.25) is 5.78 Å². The van der Waals surface area contributed by atoms with Gasteiger partial charge in [0.25, 0.3) is 0 Å². The third-order valence-corrected chi connectivity index (χ3v) is 5.52. The largest absolute Gasteiger partial charge is 0.507 e. The molecule has 6 heteroatoms. The maximum Gasteiger partial charge on any atom is 0.232 e. The number of nitrogens with zero attached hydrogens (tertiary/aromatic N) is 3. The number of carbonyl (C=O) groups is 1. The molecule has 2 aliphatic heterocycles. The molecule has 1 fully saturated rings. The quantitative estimate of drug-likeness (QED) is 0.824. The average molecular weight is 379 g/mol. The molecule has 3 heterocycles. The van der Waals surface area contributed by atoms with Crippen LogP contribution in [-0.2, 0) is 6.54 Å². The molecule has 0 amide bonds. The van der Waals surface area contributed by atoms with Crippen molar-refractivity contribution in [2.24, 2.45) is 0 Å². The average Bonchev–Trinajstić information content (AvgIpc) is 3.03. The van der Waals surface area contributed by atoms with Crippen LogP contribution in [0.15, 0.2) is 36.4 Å². The molecule has 146 valence electrons. The Morgan fingerprint density at radius 3 is 2.54 bits per heavy atom. The maximum atomic E-state index is 12.9. The fourth-order valence-electron chi connectivity index (χ4n) is 3.83. The Morgan fingerprint density at radius 2 is 1.86 bits per heavy atom. The number of ketones is 1. The summed E-state index contributed by atoms with van der Waals surface area (Å²) in [4.78, 5) is 21.7. The number of aromatic hydroxyl groups is 1. The smallest absolute Gasteiger partial charge is 0.232 e. The molecule has 28 heavy (non-hydrogen) atoms. The molecule has 1 saturated heterocycles. The van der Waals surface area contributed by atoms with Gasteiger partial charge in [-0.3, -0.25) is 14.7 Å². The molecule has 6 nitrogen and oxygen atoms in total. The van der Waals surface area contributed by atoms with Gasteiger partial charge < -0.3 is 14.7 Å². The summed E-state index contributed by atoms with van der Waals surface area (Å²) in [6, 6.07) is 5.32. The Kier molecular flexibility index (Phi) is 5.15. The highest BCUT2D eigenvalue weighted by Gasteiger charge is 2.34. The number of rotatable bonds is 4. The number of phenols is 1. The summed E-state index contributed by atoms with van der Waals surface area (Å²) in [6.07, 6.45) is 5.08. The highest BCUT2D eigenvalue weighted by molar-refractivity contribution is 6.15. The number of piperazine rings is 1. The Hall–Kier alpha value is -2.70. The van der Waals surface area contributed by atoms with Gasteiger partial charge in [0, 0.05) is 45.1 Å². The second-order valence-electron chi connectivity index (χ2n) is 7.33. The van der Waals surface area contributed by atoms with E-state index in [1.54, 1.807) is 24.5 Å². The first-order valence-electron chi connectivity index (χ1n) is 9.71. The lowest BCUT2D eigenvalue weighted by Crippen LogP contribution is -2.45. The summed E-state index contributed by atoms with van der Waals surface area (Å²) >= 11 is 0. The minimum Gasteiger partial charge on any atom is -0.507 e. The number of fused-ring (bicyclic) bond motifs is 1. The van der Waals surface area contributed by atoms with Crippen LogP contribution in [0.1, 0.15) is 34.0 Å². The topological polar surface area (TPSA) is 65.9 Å². The summed E-state index contributed by atoms with van der Waals surface area (Å²) in [7, 11) is 0. The normalized spacial score (nSPS) is 19.1. The first-order chi connectivity index (χ1) is 13.6. The van der Waals surface area contributed by atoms with Gasteiger partial charge in [-0.1, -0.05) is 6.92 Å². The number of phenolic OH excluding ortho intramolecular Hbond substituents is 1. The predicted octanol–water partition coefficient (Wildman–Crippen LogP) is 2.85. The van der Waals surface area contributed by atoms with Gasteiger partial charge in [-0.25, -0.2) is 0 Å². The van der Waals surface area contributed by atoms with Crippen LogP contribution in [0, 0.1) is 6.92 Å². The number of carbonyl (C=O) groups excluding carboxylic acids is 1. The van der Waals surface area contributed by atoms with Crippen molar-refractivity contribution in [2.45, 2.75) is 20.4 Å². The highest BCUT2D eigenvalue weighted by Crippen LogP contribution is 2.42. The van der Waals surface area contributed by atoms with E-state index in [9.17, 15) is 9.90 Å². The zero-order valence-corrected chi connectivity index (χ0v) is 16.3. The highest BCUT2D eigenvalue weighted by atomic mass is 16.5. The molecule has 0 atom stereocenters. The first kappa shape index (κ1) is 18.7. The SMILES string of the molecule is CCN1CCN(Cc2c(O)cc(C)c3c2O/C(=C\c2ccncc2)C3=O)CC1. The molecular formula is C22H25N3O3. The monoisotopic (exact) mass is 379 g/mol. The Labute approximate surface area is 165 Å². The van der Waals surface area contributed by atoms with E-state index in [-0.39, 0.29) is 17.3 Å². The number of likely N-dealkylation sites (N-methyl/N-ethyl adjacent to an activating group) is 1. The minimum absolute atomic E-state index is 0.138. The summed E-state index contributed by atoms with van der Waals surface area (Å²) in [5.74, 6) is 0.834. The van der Waals surface area contributed by atoms with E-state index in [1.807, 2.05) is 19.1 Å². The standard InChI is InChI=1S/C22H25N3O3/c1-3-24-8-10-25(11-9-24)14-17-18(26)12-15(2)20-21(27)19(28-22(17)20)13-16-4-6-23-7-5-16/h4-7,12-13,26H,3,8-11,14H2,1-2H3/b19-13-. The third-order valence-electron chi connectivity index (χ3n) is 5.52. The molecule has 2 aromatic rings. The number of allylic oxidation sites excluding steroid dienone is 1. The molecule has 0 unspecified atom stereocenters. The number of ether oxygens (including phenoxy) is 1. The number of aryl methyl sites for hydroxylation is 1. The van der Waals surface area contributed by atoms with Gasteiger partial charge in [-0.05, 0) is 48.9 Å². The molecule has 0 bridgehead atoms. The Balaban J connectivity index is 1.63. The van der Waals surface area contributed by atoms with Crippen molar-refractivity contribution in [1.82, 2.24) is 14.8 Å². The van der Waals surface area contributed by atoms with Crippen molar-refractivity contribution >= 4 is 11.9 Å². The van der Waals surface area contributed by atoms with Gasteiger partial charge in [0.05, 0.1) is 11.1 Å². The number of Topliss-reactive ketones (excluding diaryl/α,β-unsaturated/α-hetero) is 1. The zero-order chi connectivity index (χ0) is 19.7. The van der Waals surface area contributed by atoms with E-state index >= 15 is 0 Å². The van der Waals surface area contributed by atoms with Crippen molar-refractivity contribution < 1.29 is 14.6 Å². The van der Waals surface area contributed by atoms with Crippen molar-refractivity contribution in [1.29, 1.82) is 0 Å². The van der Waals surface area contributed by atoms with Crippen LogP contribution in [0.5, 0.6) is 11.5 Å². The molecule has 1 aromatic carbocycles. The van der Waals surface area contributed by atoms with Crippen LogP contribution in [0.3, 0.4) is 0 Å². The van der Waals surface area contributed by atoms with E-state index in [0.29, 0.717) is 23.4 Å². The number of hydrogen-bond acceptors (Lipinski definition) is 6. The maximum absolute atomic E-state index is 12.9. The van der Waals surface area contributed by atoms with Gasteiger partial charge in [0.1, 0.15) is 11.5 Å². The Morgan fingerprint density at radius 1 is 1.18 bits per heavy atom. The second-order valence-corrected chi connectivity index (χ2v) is 7.33. The zero-order valence-electron chi connectivity index (χ0n) is 16.3. The molecular weight excluding hydrogens is 354 g/mol. The van der Waals surface area contributed by atoms with Crippen LogP contribution in [0.2, 0.25) is 0 Å². The van der Waals surface area contributed by atoms with E-state index in [0.717, 1.165) is 43.9 Å². The van der Waals surface area contributed by atoms with Gasteiger partial charge in [-0.15, -0.1) is 0 Å². The van der Waals surface area contributed by atoms with Gasteiger partial charge in [-0.2, -0.15) is 0 Å². The van der Waals surface area contributed by atoms with E-state index < -0.39 is 0 Å². The van der Waals surface area contributed by atoms with E-state index in [1.165, 1.54) is 0 Å². The third kappa shape index (κ3) is 3.53. The summed E-state index contributed by atoms with van der Waals surface area (Å²) in [6.45, 7) is 9.52. The molecule has 4 rings (SSSR count). The van der Waals surface area contributed by atoms with Crippen LogP contribution < -0.4 is 4.74 Å². The van der Waals surface area contributed by atoms with E-state index in [4.69, 9.17) is 4.74 Å². The van der Waals surface area contributed by atoms with Crippen LogP contribution >= 0.6 is 0 Å². The molecule has 0 aliphatic carbocycles. The lowest BCUT2D eigenvalue weighted by Gasteiger charge is -2.34. The van der Waals surface area contributed by atoms with Crippen LogP contribution in [0.25, 0.3) is 6.08 Å². The molecule has 2 aliphatic rings. The Bertz CT molecular complexity index is 916. The number of benzene rings is 1. The van der Waals surface area contributed by atoms with Crippen LogP contribution in [-0.4, -0.2) is 58.4 Å². The lowest BCUT2D eigenvalue weighted by molar-refractivity contribution is 0.101. The number of hydrogen-bond donors (Lipinski definition) is 1. The van der Waals surface area contributed by atoms with Crippen molar-refractivity contribution in [3.05, 3.63) is 58.6 Å². The minimum atomic E-state index is -0.138. The number of aromatic nitrogens is 1. The van der Waals surface area contributed by atoms with Crippen LogP contribution in [0.4, 0.5) is 0 Å². The lowest BCUT2D eigenvalue weighted by atomic mass is 9.99. The van der Waals surface area contributed by atoms with Gasteiger partial charge in [0.15, 0.2) is 5.76 Å². The van der Waals surface area contributed by atoms with Crippen molar-refractivity contribution in [2.75, 3.05) is 32.7 Å². The van der Waals surface area contributed by atoms with E-state index in [2.05, 4.69) is 21.7 Å². The summed E-state index contributed by atoms with van der Waals surface area (Å²) in [5, 5.41) is 10.6. The molecule has 1 aromatic heterocycles. The molecule has 0 radical (unpaired) electrons. The molecule has 0 saturated carbocycles. The van der Waals surface area contributed by atoms with Gasteiger partial charge >= 0.3 is 0 Å². The molecule has 0 spiro atoms. The second kappa shape index (κ2) is 7.73. The number of pyridine rings is 1. The fourth-order valence-corrected chi connectivity index (χ4v) is 3.83. The first-order valence-corrected chi connectivity index (χ1v) is 9.71. The molecule has 1 N–H and O–H groups in total. The fraction of sp³-hybridized carbons (Fsp3) is 0.364. The summed E-state index contributed by atoms with van der Waals surface area (Å²) < 4.78 is 5.99. The summed E-state index contributed by atoms with van der Waals surface area (Å²) in [5.41, 5.74) is 2.83. The van der Waals surface area contributed by atoms with Crippen molar-refractivity contribution in [3.8, 4) is 11.5 Å².